The average molecular weight is 405 g/mol. The van der Waals surface area contributed by atoms with Crippen LogP contribution in [0.2, 0.25) is 0 Å². The van der Waals surface area contributed by atoms with E-state index in [1.807, 2.05) is 45.9 Å². The fourth-order valence-electron chi connectivity index (χ4n) is 3.25. The molecule has 4 aromatic rings. The lowest BCUT2D eigenvalue weighted by Gasteiger charge is -2.11. The largest absolute Gasteiger partial charge is 0.421 e. The summed E-state index contributed by atoms with van der Waals surface area (Å²) in [7, 11) is 0. The van der Waals surface area contributed by atoms with E-state index in [-0.39, 0.29) is 11.9 Å². The average Bonchev–Trinajstić information content (AvgIpc) is 3.27. The third-order valence-electron chi connectivity index (χ3n) is 4.75. The van der Waals surface area contributed by atoms with Gasteiger partial charge in [0.15, 0.2) is 5.82 Å². The van der Waals surface area contributed by atoms with Gasteiger partial charge in [0.25, 0.3) is 5.91 Å². The molecule has 1 amide bonds. The van der Waals surface area contributed by atoms with E-state index in [9.17, 15) is 4.79 Å². The quantitative estimate of drug-likeness (QED) is 0.522. The van der Waals surface area contributed by atoms with Gasteiger partial charge in [-0.3, -0.25) is 4.79 Å². The Balaban J connectivity index is 1.74. The molecule has 0 radical (unpaired) electrons. The van der Waals surface area contributed by atoms with Crippen LogP contribution in [0.15, 0.2) is 35.1 Å². The maximum absolute atomic E-state index is 12.6. The van der Waals surface area contributed by atoms with Gasteiger partial charge in [-0.25, -0.2) is 9.50 Å². The molecule has 0 atom stereocenters. The number of hydrogen-bond donors (Lipinski definition) is 2. The number of carbonyl (C=O) groups excluding carboxylic acids is 1. The number of nitrogens with zero attached hydrogens (tertiary/aromatic N) is 5. The smallest absolute Gasteiger partial charge is 0.253 e. The third kappa shape index (κ3) is 3.61. The third-order valence-corrected chi connectivity index (χ3v) is 4.75. The number of amides is 1. The SMILES string of the molecule is Cc1nnc(-c2ccc(C)c(Nc3ncnn4cc(C(=O)NC(C)C)c(C)c34)c2)o1. The van der Waals surface area contributed by atoms with E-state index in [4.69, 9.17) is 4.42 Å². The van der Waals surface area contributed by atoms with Crippen molar-refractivity contribution in [1.29, 1.82) is 0 Å². The summed E-state index contributed by atoms with van der Waals surface area (Å²) in [4.78, 5) is 17.0. The summed E-state index contributed by atoms with van der Waals surface area (Å²) >= 11 is 0. The molecule has 0 aliphatic carbocycles. The summed E-state index contributed by atoms with van der Waals surface area (Å²) < 4.78 is 7.21. The molecule has 9 nitrogen and oxygen atoms in total. The fourth-order valence-corrected chi connectivity index (χ4v) is 3.25. The molecule has 0 aliphatic rings. The molecule has 0 saturated heterocycles. The summed E-state index contributed by atoms with van der Waals surface area (Å²) in [5.41, 5.74) is 4.78. The minimum absolute atomic E-state index is 0.0438. The zero-order chi connectivity index (χ0) is 21.4. The van der Waals surface area contributed by atoms with Crippen molar-refractivity contribution in [3.63, 3.8) is 0 Å². The minimum atomic E-state index is -0.135. The van der Waals surface area contributed by atoms with Crippen LogP contribution in [0.5, 0.6) is 0 Å². The van der Waals surface area contributed by atoms with Crippen molar-refractivity contribution in [2.24, 2.45) is 0 Å². The van der Waals surface area contributed by atoms with Gasteiger partial charge in [-0.05, 0) is 51.0 Å². The number of aryl methyl sites for hydroxylation is 3. The van der Waals surface area contributed by atoms with Crippen molar-refractivity contribution in [3.8, 4) is 11.5 Å². The molecule has 0 spiro atoms. The van der Waals surface area contributed by atoms with Crippen LogP contribution in [0.1, 0.15) is 41.2 Å². The van der Waals surface area contributed by atoms with E-state index in [0.29, 0.717) is 23.2 Å². The van der Waals surface area contributed by atoms with Crippen molar-refractivity contribution in [3.05, 3.63) is 53.3 Å². The van der Waals surface area contributed by atoms with Gasteiger partial charge in [0, 0.05) is 30.4 Å². The molecular weight excluding hydrogens is 382 g/mol. The maximum Gasteiger partial charge on any atom is 0.253 e. The summed E-state index contributed by atoms with van der Waals surface area (Å²) in [6.07, 6.45) is 3.18. The number of hydrogen-bond acceptors (Lipinski definition) is 7. The van der Waals surface area contributed by atoms with Gasteiger partial charge in [-0.1, -0.05) is 6.07 Å². The predicted molar refractivity (Wildman–Crippen MR) is 113 cm³/mol. The van der Waals surface area contributed by atoms with E-state index >= 15 is 0 Å². The number of nitrogens with one attached hydrogen (secondary N) is 2. The lowest BCUT2D eigenvalue weighted by Crippen LogP contribution is -2.30. The molecule has 0 fully saturated rings. The Hall–Kier alpha value is -3.75. The lowest BCUT2D eigenvalue weighted by molar-refractivity contribution is 0.0942. The van der Waals surface area contributed by atoms with Gasteiger partial charge in [-0.15, -0.1) is 10.2 Å². The zero-order valence-corrected chi connectivity index (χ0v) is 17.5. The van der Waals surface area contributed by atoms with Gasteiger partial charge in [0.2, 0.25) is 11.8 Å². The molecule has 154 valence electrons. The van der Waals surface area contributed by atoms with E-state index in [2.05, 4.69) is 30.9 Å². The Labute approximate surface area is 173 Å². The summed E-state index contributed by atoms with van der Waals surface area (Å²) in [6.45, 7) is 9.50. The van der Waals surface area contributed by atoms with Crippen LogP contribution in [-0.2, 0) is 0 Å². The number of benzene rings is 1. The molecule has 1 aromatic carbocycles. The molecule has 0 unspecified atom stereocenters. The van der Waals surface area contributed by atoms with Crippen LogP contribution < -0.4 is 10.6 Å². The van der Waals surface area contributed by atoms with Gasteiger partial charge in [0.05, 0.1) is 5.56 Å². The zero-order valence-electron chi connectivity index (χ0n) is 17.5. The van der Waals surface area contributed by atoms with Crippen molar-refractivity contribution in [2.75, 3.05) is 5.32 Å². The first kappa shape index (κ1) is 19.6. The Bertz CT molecular complexity index is 1240. The molecule has 4 rings (SSSR count). The first-order chi connectivity index (χ1) is 14.3. The normalized spacial score (nSPS) is 11.3. The molecule has 30 heavy (non-hydrogen) atoms. The Kier molecular flexibility index (Phi) is 4.94. The van der Waals surface area contributed by atoms with Crippen LogP contribution >= 0.6 is 0 Å². The van der Waals surface area contributed by atoms with Crippen LogP contribution in [0.25, 0.3) is 17.0 Å². The van der Waals surface area contributed by atoms with Gasteiger partial charge >= 0.3 is 0 Å². The lowest BCUT2D eigenvalue weighted by atomic mass is 10.1. The predicted octanol–water partition coefficient (Wildman–Crippen LogP) is 3.59. The highest BCUT2D eigenvalue weighted by Gasteiger charge is 2.19. The van der Waals surface area contributed by atoms with E-state index in [0.717, 1.165) is 27.9 Å². The monoisotopic (exact) mass is 405 g/mol. The van der Waals surface area contributed by atoms with Gasteiger partial charge < -0.3 is 15.1 Å². The molecule has 0 aliphatic heterocycles. The summed E-state index contributed by atoms with van der Waals surface area (Å²) in [5.74, 6) is 1.43. The van der Waals surface area contributed by atoms with Crippen LogP contribution in [-0.4, -0.2) is 36.7 Å². The second-order valence-corrected chi connectivity index (χ2v) is 7.48. The number of anilines is 2. The van der Waals surface area contributed by atoms with Crippen LogP contribution in [0, 0.1) is 20.8 Å². The topological polar surface area (TPSA) is 110 Å². The first-order valence-electron chi connectivity index (χ1n) is 9.65. The molecule has 3 heterocycles. The highest BCUT2D eigenvalue weighted by atomic mass is 16.4. The number of carbonyl (C=O) groups is 1. The van der Waals surface area contributed by atoms with Gasteiger partial charge in [-0.2, -0.15) is 5.10 Å². The standard InChI is InChI=1S/C21H23N7O2/c1-11(2)24-20(29)16-9-28-18(13(16)4)19(22-10-23-28)25-17-8-15(7-6-12(17)3)21-27-26-14(5)30-21/h6-11H,1-5H3,(H,24,29)(H,22,23,25). The molecule has 3 aromatic heterocycles. The fraction of sp³-hybridized carbons (Fsp3) is 0.286. The first-order valence-corrected chi connectivity index (χ1v) is 9.65. The van der Waals surface area contributed by atoms with Crippen LogP contribution in [0.3, 0.4) is 0 Å². The van der Waals surface area contributed by atoms with E-state index in [1.54, 1.807) is 17.6 Å². The molecule has 9 heteroatoms. The van der Waals surface area contributed by atoms with E-state index < -0.39 is 0 Å². The highest BCUT2D eigenvalue weighted by molar-refractivity contribution is 5.99. The molecule has 2 N–H and O–H groups in total. The number of aromatic nitrogens is 5. The summed E-state index contributed by atoms with van der Waals surface area (Å²) in [5, 5.41) is 18.5. The number of fused-ring (bicyclic) bond motifs is 1. The van der Waals surface area contributed by atoms with Crippen molar-refractivity contribution < 1.29 is 9.21 Å². The molecular formula is C21H23N7O2. The van der Waals surface area contributed by atoms with Crippen molar-refractivity contribution >= 4 is 22.9 Å². The van der Waals surface area contributed by atoms with Gasteiger partial charge in [0.1, 0.15) is 11.8 Å². The number of rotatable bonds is 5. The maximum atomic E-state index is 12.6. The Morgan fingerprint density at radius 3 is 2.67 bits per heavy atom. The Morgan fingerprint density at radius 1 is 1.17 bits per heavy atom. The van der Waals surface area contributed by atoms with Crippen LogP contribution in [0.4, 0.5) is 11.5 Å². The van der Waals surface area contributed by atoms with Crippen molar-refractivity contribution in [2.45, 2.75) is 40.7 Å². The second-order valence-electron chi connectivity index (χ2n) is 7.48. The summed E-state index contributed by atoms with van der Waals surface area (Å²) in [6, 6.07) is 5.88. The second kappa shape index (κ2) is 7.58. The van der Waals surface area contributed by atoms with Crippen molar-refractivity contribution in [1.82, 2.24) is 30.1 Å². The Morgan fingerprint density at radius 2 is 1.97 bits per heavy atom. The minimum Gasteiger partial charge on any atom is -0.421 e. The molecule has 0 saturated carbocycles. The molecule has 0 bridgehead atoms. The van der Waals surface area contributed by atoms with E-state index in [1.165, 1.54) is 6.33 Å². The highest BCUT2D eigenvalue weighted by Crippen LogP contribution is 2.29.